The summed E-state index contributed by atoms with van der Waals surface area (Å²) >= 11 is 0. The third kappa shape index (κ3) is 4.34. The number of methoxy groups -OCH3 is 2. The van der Waals surface area contributed by atoms with Crippen molar-refractivity contribution in [3.63, 3.8) is 0 Å². The number of rotatable bonds is 7. The van der Waals surface area contributed by atoms with E-state index in [9.17, 15) is 9.59 Å². The molecule has 36 heavy (non-hydrogen) atoms. The van der Waals surface area contributed by atoms with E-state index in [4.69, 9.17) is 19.0 Å². The second-order valence-electron chi connectivity index (χ2n) is 9.70. The Bertz CT molecular complexity index is 1250. The smallest absolute Gasteiger partial charge is 0.273 e. The molecule has 2 aromatic heterocycles. The van der Waals surface area contributed by atoms with Gasteiger partial charge in [0.05, 0.1) is 39.3 Å². The maximum absolute atomic E-state index is 13.8. The zero-order chi connectivity index (χ0) is 25.3. The van der Waals surface area contributed by atoms with Gasteiger partial charge in [0.1, 0.15) is 17.0 Å². The lowest BCUT2D eigenvalue weighted by molar-refractivity contribution is -0.134. The Morgan fingerprint density at radius 3 is 2.61 bits per heavy atom. The number of carbonyl (C=O) groups is 2. The standard InChI is InChI=1S/C27H32N4O5/c1-27(26(33)28-19-8-5-4-6-9-19)17-31-22(25(32)30(27)16-20-10-7-13-36-20)15-21(29-31)18-11-12-23(34-2)24(14-18)35-3/h7,10-15,19H,4-6,8-9,16-17H2,1-3H3,(H,28,33)/t27-/m1/s1. The molecule has 3 heterocycles. The first kappa shape index (κ1) is 24.0. The third-order valence-electron chi connectivity index (χ3n) is 7.30. The molecule has 9 heteroatoms. The number of nitrogens with one attached hydrogen (secondary N) is 1. The van der Waals surface area contributed by atoms with Crippen LogP contribution < -0.4 is 14.8 Å². The molecule has 1 saturated carbocycles. The van der Waals surface area contributed by atoms with Crippen molar-refractivity contribution in [3.8, 4) is 22.8 Å². The molecule has 2 amide bonds. The van der Waals surface area contributed by atoms with Gasteiger partial charge in [-0.15, -0.1) is 0 Å². The molecule has 190 valence electrons. The summed E-state index contributed by atoms with van der Waals surface area (Å²) < 4.78 is 18.0. The van der Waals surface area contributed by atoms with Gasteiger partial charge in [-0.25, -0.2) is 0 Å². The van der Waals surface area contributed by atoms with Crippen LogP contribution in [0.4, 0.5) is 0 Å². The van der Waals surface area contributed by atoms with Gasteiger partial charge in [0.15, 0.2) is 11.5 Å². The van der Waals surface area contributed by atoms with E-state index >= 15 is 0 Å². The first-order chi connectivity index (χ1) is 17.4. The second-order valence-corrected chi connectivity index (χ2v) is 9.70. The summed E-state index contributed by atoms with van der Waals surface area (Å²) in [5, 5.41) is 7.95. The molecule has 1 fully saturated rings. The predicted molar refractivity (Wildman–Crippen MR) is 133 cm³/mol. The molecule has 1 aliphatic heterocycles. The average molecular weight is 493 g/mol. The van der Waals surface area contributed by atoms with Crippen molar-refractivity contribution in [2.24, 2.45) is 0 Å². The van der Waals surface area contributed by atoms with Crippen LogP contribution in [0.2, 0.25) is 0 Å². The normalized spacial score (nSPS) is 20.2. The van der Waals surface area contributed by atoms with Gasteiger partial charge in [0, 0.05) is 11.6 Å². The van der Waals surface area contributed by atoms with E-state index < -0.39 is 5.54 Å². The van der Waals surface area contributed by atoms with Crippen LogP contribution in [0.5, 0.6) is 11.5 Å². The Balaban J connectivity index is 1.50. The fourth-order valence-corrected chi connectivity index (χ4v) is 5.17. The van der Waals surface area contributed by atoms with E-state index in [1.807, 2.05) is 25.1 Å². The van der Waals surface area contributed by atoms with Crippen LogP contribution in [0.15, 0.2) is 47.1 Å². The molecule has 0 radical (unpaired) electrons. The lowest BCUT2D eigenvalue weighted by Gasteiger charge is -2.43. The molecule has 0 saturated heterocycles. The van der Waals surface area contributed by atoms with E-state index in [1.54, 1.807) is 48.3 Å². The van der Waals surface area contributed by atoms with Crippen LogP contribution in [0, 0.1) is 0 Å². The van der Waals surface area contributed by atoms with Crippen LogP contribution in [0.1, 0.15) is 55.3 Å². The van der Waals surface area contributed by atoms with Crippen molar-refractivity contribution in [1.82, 2.24) is 20.0 Å². The Kier molecular flexibility index (Phi) is 6.47. The van der Waals surface area contributed by atoms with Gasteiger partial charge < -0.3 is 24.1 Å². The number of hydrogen-bond acceptors (Lipinski definition) is 6. The molecular formula is C27H32N4O5. The van der Waals surface area contributed by atoms with Gasteiger partial charge in [0.25, 0.3) is 5.91 Å². The largest absolute Gasteiger partial charge is 0.493 e. The number of nitrogens with zero attached hydrogens (tertiary/aromatic N) is 3. The number of aromatic nitrogens is 2. The molecule has 0 bridgehead atoms. The number of furan rings is 1. The minimum Gasteiger partial charge on any atom is -0.493 e. The summed E-state index contributed by atoms with van der Waals surface area (Å²) in [6.07, 6.45) is 6.91. The van der Waals surface area contributed by atoms with Gasteiger partial charge in [-0.1, -0.05) is 19.3 Å². The summed E-state index contributed by atoms with van der Waals surface area (Å²) in [6, 6.07) is 11.0. The number of benzene rings is 1. The Labute approximate surface area is 210 Å². The topological polar surface area (TPSA) is 98.8 Å². The van der Waals surface area contributed by atoms with Crippen molar-refractivity contribution >= 4 is 11.8 Å². The molecule has 3 aromatic rings. The summed E-state index contributed by atoms with van der Waals surface area (Å²) in [6.45, 7) is 2.24. The van der Waals surface area contributed by atoms with Crippen molar-refractivity contribution in [2.45, 2.75) is 63.7 Å². The van der Waals surface area contributed by atoms with Crippen LogP contribution in [-0.4, -0.2) is 52.3 Å². The molecule has 5 rings (SSSR count). The quantitative estimate of drug-likeness (QED) is 0.535. The summed E-state index contributed by atoms with van der Waals surface area (Å²) in [7, 11) is 3.16. The van der Waals surface area contributed by atoms with Crippen LogP contribution in [-0.2, 0) is 17.9 Å². The SMILES string of the molecule is COc1ccc(-c2cc3n(n2)C[C@](C)(C(=O)NC2CCCCC2)N(Cc2ccco2)C3=O)cc1OC. The second kappa shape index (κ2) is 9.72. The van der Waals surface area contributed by atoms with Gasteiger partial charge in [-0.3, -0.25) is 14.3 Å². The average Bonchev–Trinajstić information content (AvgIpc) is 3.57. The summed E-state index contributed by atoms with van der Waals surface area (Å²) in [4.78, 5) is 29.1. The number of amides is 2. The first-order valence-electron chi connectivity index (χ1n) is 12.4. The number of ether oxygens (including phenoxy) is 2. The zero-order valence-corrected chi connectivity index (χ0v) is 21.0. The zero-order valence-electron chi connectivity index (χ0n) is 21.0. The number of hydrogen-bond donors (Lipinski definition) is 1. The third-order valence-corrected chi connectivity index (χ3v) is 7.30. The molecule has 9 nitrogen and oxygen atoms in total. The van der Waals surface area contributed by atoms with E-state index in [0.29, 0.717) is 28.6 Å². The lowest BCUT2D eigenvalue weighted by atomic mass is 9.91. The molecule has 0 spiro atoms. The monoisotopic (exact) mass is 492 g/mol. The maximum Gasteiger partial charge on any atom is 0.273 e. The molecule has 1 aliphatic carbocycles. The van der Waals surface area contributed by atoms with Gasteiger partial charge >= 0.3 is 0 Å². The van der Waals surface area contributed by atoms with E-state index in [2.05, 4.69) is 5.32 Å². The highest BCUT2D eigenvalue weighted by atomic mass is 16.5. The lowest BCUT2D eigenvalue weighted by Crippen LogP contribution is -2.64. The molecule has 1 atom stereocenters. The van der Waals surface area contributed by atoms with Crippen molar-refractivity contribution in [3.05, 3.63) is 54.1 Å². The van der Waals surface area contributed by atoms with Crippen LogP contribution >= 0.6 is 0 Å². The highest BCUT2D eigenvalue weighted by Gasteiger charge is 2.48. The minimum absolute atomic E-state index is 0.130. The van der Waals surface area contributed by atoms with E-state index in [1.165, 1.54) is 6.42 Å². The van der Waals surface area contributed by atoms with Gasteiger partial charge in [-0.05, 0) is 56.2 Å². The molecule has 1 aromatic carbocycles. The molecule has 0 unspecified atom stereocenters. The fourth-order valence-electron chi connectivity index (χ4n) is 5.17. The Morgan fingerprint density at radius 1 is 1.14 bits per heavy atom. The summed E-state index contributed by atoms with van der Waals surface area (Å²) in [5.41, 5.74) is 0.701. The van der Waals surface area contributed by atoms with Crippen molar-refractivity contribution < 1.29 is 23.5 Å². The van der Waals surface area contributed by atoms with Crippen LogP contribution in [0.25, 0.3) is 11.3 Å². The summed E-state index contributed by atoms with van der Waals surface area (Å²) in [5.74, 6) is 1.37. The maximum atomic E-state index is 13.8. The van der Waals surface area contributed by atoms with E-state index in [-0.39, 0.29) is 30.9 Å². The Hall–Kier alpha value is -3.75. The van der Waals surface area contributed by atoms with Gasteiger partial charge in [0.2, 0.25) is 5.91 Å². The van der Waals surface area contributed by atoms with Crippen molar-refractivity contribution in [2.75, 3.05) is 14.2 Å². The van der Waals surface area contributed by atoms with Crippen LogP contribution in [0.3, 0.4) is 0 Å². The first-order valence-corrected chi connectivity index (χ1v) is 12.4. The molecule has 1 N–H and O–H groups in total. The number of fused-ring (bicyclic) bond motifs is 1. The van der Waals surface area contributed by atoms with Gasteiger partial charge in [-0.2, -0.15) is 5.10 Å². The molecular weight excluding hydrogens is 460 g/mol. The fraction of sp³-hybridized carbons (Fsp3) is 0.444. The minimum atomic E-state index is -1.13. The highest BCUT2D eigenvalue weighted by Crippen LogP contribution is 2.35. The Morgan fingerprint density at radius 2 is 1.92 bits per heavy atom. The molecule has 2 aliphatic rings. The number of carbonyl (C=O) groups excluding carboxylic acids is 2. The highest BCUT2D eigenvalue weighted by molar-refractivity contribution is 6.00. The van der Waals surface area contributed by atoms with Crippen molar-refractivity contribution in [1.29, 1.82) is 0 Å². The van der Waals surface area contributed by atoms with E-state index in [0.717, 1.165) is 31.2 Å². The predicted octanol–water partition coefficient (Wildman–Crippen LogP) is 4.02.